The van der Waals surface area contributed by atoms with Gasteiger partial charge in [0.1, 0.15) is 5.82 Å². The lowest BCUT2D eigenvalue weighted by Crippen LogP contribution is -2.42. The van der Waals surface area contributed by atoms with Gasteiger partial charge in [-0.25, -0.2) is 9.18 Å². The van der Waals surface area contributed by atoms with E-state index in [0.29, 0.717) is 28.8 Å². The van der Waals surface area contributed by atoms with Gasteiger partial charge in [0.15, 0.2) is 0 Å². The average molecular weight is 597 g/mol. The Bertz CT molecular complexity index is 1490. The molecule has 1 amide bonds. The Kier molecular flexibility index (Phi) is 9.19. The van der Waals surface area contributed by atoms with E-state index in [4.69, 9.17) is 4.74 Å². The van der Waals surface area contributed by atoms with Crippen molar-refractivity contribution < 1.29 is 45.1 Å². The molecule has 224 valence electrons. The van der Waals surface area contributed by atoms with Crippen molar-refractivity contribution >= 4 is 23.6 Å². The number of carbonyl (C=O) groups excluding carboxylic acids is 2. The van der Waals surface area contributed by atoms with Crippen molar-refractivity contribution in [3.63, 3.8) is 0 Å². The molecular weight excluding hydrogens is 569 g/mol. The van der Waals surface area contributed by atoms with Crippen LogP contribution < -0.4 is 4.90 Å². The first-order valence-electron chi connectivity index (χ1n) is 12.6. The summed E-state index contributed by atoms with van der Waals surface area (Å²) in [6.07, 6.45) is -6.42. The van der Waals surface area contributed by atoms with Crippen molar-refractivity contribution in [1.82, 2.24) is 4.98 Å². The molecule has 0 aliphatic rings. The van der Waals surface area contributed by atoms with Crippen LogP contribution in [0, 0.1) is 12.7 Å². The lowest BCUT2D eigenvalue weighted by molar-refractivity contribution is -0.143. The lowest BCUT2D eigenvalue weighted by Gasteiger charge is -2.32. The molecule has 0 bridgehead atoms. The van der Waals surface area contributed by atoms with E-state index in [1.807, 2.05) is 0 Å². The maximum absolute atomic E-state index is 13.9. The Hall–Kier alpha value is -4.22. The number of likely N-dealkylation sites (N-methyl/N-ethyl adjacent to an activating group) is 1. The maximum Gasteiger partial charge on any atom is 0.416 e. The first kappa shape index (κ1) is 32.3. The van der Waals surface area contributed by atoms with Crippen LogP contribution in [0.25, 0.3) is 17.2 Å². The second-order valence-corrected chi connectivity index (χ2v) is 9.95. The third kappa shape index (κ3) is 7.15. The summed E-state index contributed by atoms with van der Waals surface area (Å²) in [6.45, 7) is 5.83. The maximum atomic E-state index is 13.9. The zero-order chi connectivity index (χ0) is 31.6. The normalized spacial score (nSPS) is 12.5. The van der Waals surface area contributed by atoms with Gasteiger partial charge in [0, 0.05) is 18.7 Å². The number of carbonyl (C=O) groups is 2. The largest absolute Gasteiger partial charge is 0.463 e. The highest BCUT2D eigenvalue weighted by atomic mass is 19.4. The predicted molar refractivity (Wildman–Crippen MR) is 143 cm³/mol. The predicted octanol–water partition coefficient (Wildman–Crippen LogP) is 7.75. The molecule has 0 spiro atoms. The Morgan fingerprint density at radius 3 is 2.00 bits per heavy atom. The number of hydrogen-bond acceptors (Lipinski definition) is 4. The second-order valence-electron chi connectivity index (χ2n) is 9.95. The van der Waals surface area contributed by atoms with Crippen molar-refractivity contribution in [2.45, 2.75) is 45.5 Å². The summed E-state index contributed by atoms with van der Waals surface area (Å²) in [7, 11) is 1.30. The van der Waals surface area contributed by atoms with E-state index in [1.165, 1.54) is 57.4 Å². The number of halogens is 7. The topological polar surface area (TPSA) is 59.5 Å². The first-order chi connectivity index (χ1) is 19.4. The third-order valence-corrected chi connectivity index (χ3v) is 6.57. The van der Waals surface area contributed by atoms with Crippen LogP contribution in [0.15, 0.2) is 54.7 Å². The number of benzene rings is 2. The summed E-state index contributed by atoms with van der Waals surface area (Å²) in [4.78, 5) is 30.9. The molecule has 0 atom stereocenters. The van der Waals surface area contributed by atoms with Gasteiger partial charge in [-0.05, 0) is 86.9 Å². The van der Waals surface area contributed by atoms with E-state index < -0.39 is 52.2 Å². The summed E-state index contributed by atoms with van der Waals surface area (Å²) < 4.78 is 99.8. The monoisotopic (exact) mass is 596 g/mol. The zero-order valence-electron chi connectivity index (χ0n) is 23.2. The highest BCUT2D eigenvalue weighted by molar-refractivity contribution is 6.03. The SMILES string of the molecule is CCOC(=O)C=Cc1cc(-c2ccc(F)cc2C)c(N(C)C(=O)C(C)(C)c2cc(C(F)(F)F)cc(C(F)(F)F)c2)cn1. The van der Waals surface area contributed by atoms with Crippen LogP contribution in [0.2, 0.25) is 0 Å². The number of rotatable bonds is 7. The first-order valence-corrected chi connectivity index (χ1v) is 12.6. The molecule has 2 aromatic carbocycles. The fourth-order valence-corrected chi connectivity index (χ4v) is 4.28. The minimum absolute atomic E-state index is 0.00432. The van der Waals surface area contributed by atoms with Gasteiger partial charge in [-0.1, -0.05) is 6.07 Å². The molecule has 3 rings (SSSR count). The highest BCUT2D eigenvalue weighted by Gasteiger charge is 2.41. The number of pyridine rings is 1. The van der Waals surface area contributed by atoms with Crippen LogP contribution >= 0.6 is 0 Å². The fraction of sp³-hybridized carbons (Fsp3) is 0.300. The van der Waals surface area contributed by atoms with Gasteiger partial charge < -0.3 is 9.64 Å². The molecular formula is C30H27F7N2O3. The molecule has 0 aliphatic heterocycles. The van der Waals surface area contributed by atoms with E-state index in [9.17, 15) is 40.3 Å². The number of amides is 1. The summed E-state index contributed by atoms with van der Waals surface area (Å²) in [5.41, 5.74) is -3.77. The molecule has 5 nitrogen and oxygen atoms in total. The molecule has 0 saturated carbocycles. The third-order valence-electron chi connectivity index (χ3n) is 6.57. The summed E-state index contributed by atoms with van der Waals surface area (Å²) in [5.74, 6) is -1.99. The summed E-state index contributed by atoms with van der Waals surface area (Å²) in [6, 6.07) is 6.44. The molecule has 0 saturated heterocycles. The minimum Gasteiger partial charge on any atom is -0.463 e. The smallest absolute Gasteiger partial charge is 0.416 e. The number of aryl methyl sites for hydroxylation is 1. The van der Waals surface area contributed by atoms with Crippen LogP contribution in [0.3, 0.4) is 0 Å². The molecule has 1 heterocycles. The second kappa shape index (κ2) is 11.9. The van der Waals surface area contributed by atoms with Gasteiger partial charge in [0.25, 0.3) is 0 Å². The number of nitrogens with zero attached hydrogens (tertiary/aromatic N) is 2. The van der Waals surface area contributed by atoms with Crippen LogP contribution in [0.1, 0.15) is 48.7 Å². The molecule has 0 unspecified atom stereocenters. The number of esters is 1. The van der Waals surface area contributed by atoms with E-state index in [1.54, 1.807) is 13.8 Å². The molecule has 3 aromatic rings. The van der Waals surface area contributed by atoms with Crippen molar-refractivity contribution in [3.05, 3.63) is 88.5 Å². The van der Waals surface area contributed by atoms with E-state index in [2.05, 4.69) is 4.98 Å². The van der Waals surface area contributed by atoms with Gasteiger partial charge in [-0.2, -0.15) is 26.3 Å². The van der Waals surface area contributed by atoms with Crippen LogP contribution in [-0.2, 0) is 32.1 Å². The molecule has 0 fully saturated rings. The summed E-state index contributed by atoms with van der Waals surface area (Å²) in [5, 5.41) is 0. The van der Waals surface area contributed by atoms with Crippen molar-refractivity contribution in [1.29, 1.82) is 0 Å². The zero-order valence-corrected chi connectivity index (χ0v) is 23.2. The standard InChI is InChI=1S/C30H27F7N2O3/c1-6-42-26(40)10-8-22-15-24(23-9-7-21(31)11-17(23)2)25(16-38-22)39(5)27(41)28(3,4)18-12-19(29(32,33)34)14-20(13-18)30(35,36)37/h7-16H,6H2,1-5H3. The average Bonchev–Trinajstić information content (AvgIpc) is 2.90. The Labute approximate surface area is 237 Å². The number of alkyl halides is 6. The highest BCUT2D eigenvalue weighted by Crippen LogP contribution is 2.41. The van der Waals surface area contributed by atoms with Gasteiger partial charge in [-0.15, -0.1) is 0 Å². The molecule has 42 heavy (non-hydrogen) atoms. The van der Waals surface area contributed by atoms with E-state index >= 15 is 0 Å². The van der Waals surface area contributed by atoms with Gasteiger partial charge in [0.2, 0.25) is 5.91 Å². The van der Waals surface area contributed by atoms with Crippen molar-refractivity contribution in [2.75, 3.05) is 18.6 Å². The number of aromatic nitrogens is 1. The van der Waals surface area contributed by atoms with Crippen LogP contribution in [0.4, 0.5) is 36.4 Å². The number of ether oxygens (including phenoxy) is 1. The fourth-order valence-electron chi connectivity index (χ4n) is 4.28. The Morgan fingerprint density at radius 1 is 0.905 bits per heavy atom. The molecule has 1 aromatic heterocycles. The van der Waals surface area contributed by atoms with E-state index in [-0.39, 0.29) is 24.1 Å². The van der Waals surface area contributed by atoms with Crippen LogP contribution in [0.5, 0.6) is 0 Å². The van der Waals surface area contributed by atoms with Crippen molar-refractivity contribution in [2.24, 2.45) is 0 Å². The van der Waals surface area contributed by atoms with Gasteiger partial charge >= 0.3 is 18.3 Å². The lowest BCUT2D eigenvalue weighted by atomic mass is 9.81. The quantitative estimate of drug-likeness (QED) is 0.159. The van der Waals surface area contributed by atoms with Crippen molar-refractivity contribution in [3.8, 4) is 11.1 Å². The molecule has 12 heteroatoms. The molecule has 0 aliphatic carbocycles. The number of hydrogen-bond donors (Lipinski definition) is 0. The van der Waals surface area contributed by atoms with Gasteiger partial charge in [-0.3, -0.25) is 9.78 Å². The van der Waals surface area contributed by atoms with Crippen LogP contribution in [-0.4, -0.2) is 30.5 Å². The Morgan fingerprint density at radius 2 is 1.48 bits per heavy atom. The Balaban J connectivity index is 2.15. The molecule has 0 radical (unpaired) electrons. The van der Waals surface area contributed by atoms with E-state index in [0.717, 1.165) is 11.0 Å². The van der Waals surface area contributed by atoms with Gasteiger partial charge in [0.05, 0.1) is 40.7 Å². The summed E-state index contributed by atoms with van der Waals surface area (Å²) >= 11 is 0. The molecule has 0 N–H and O–H groups in total. The minimum atomic E-state index is -5.09. The number of anilines is 1.